The van der Waals surface area contributed by atoms with E-state index in [2.05, 4.69) is 32.1 Å². The number of carbonyl (C=O) groups excluding carboxylic acids is 2. The van der Waals surface area contributed by atoms with E-state index in [0.29, 0.717) is 22.5 Å². The van der Waals surface area contributed by atoms with E-state index in [1.54, 1.807) is 23.7 Å². The number of pyridine rings is 1. The molecule has 3 fully saturated rings. The number of nitrogens with one attached hydrogen (secondary N) is 3. The van der Waals surface area contributed by atoms with E-state index in [-0.39, 0.29) is 28.1 Å². The molecule has 6 rings (SSSR count). The fourth-order valence-corrected chi connectivity index (χ4v) is 5.25. The van der Waals surface area contributed by atoms with Crippen LogP contribution >= 0.6 is 0 Å². The monoisotopic (exact) mass is 451 g/mol. The van der Waals surface area contributed by atoms with Crippen molar-refractivity contribution in [3.05, 3.63) is 47.8 Å². The normalized spacial score (nSPS) is 22.7. The van der Waals surface area contributed by atoms with Crippen molar-refractivity contribution in [2.75, 3.05) is 5.32 Å². The van der Waals surface area contributed by atoms with Crippen LogP contribution in [0.25, 0.3) is 16.9 Å². The van der Waals surface area contributed by atoms with Crippen molar-refractivity contribution in [3.63, 3.8) is 0 Å². The number of carbonyl (C=O) groups is 2. The Bertz CT molecular complexity index is 1370. The summed E-state index contributed by atoms with van der Waals surface area (Å²) in [6.07, 6.45) is 5.58. The number of nitrogens with zero attached hydrogens (tertiary/aromatic N) is 4. The lowest BCUT2D eigenvalue weighted by Gasteiger charge is -2.70. The van der Waals surface area contributed by atoms with Gasteiger partial charge in [-0.15, -0.1) is 0 Å². The molecule has 3 heterocycles. The molecular weight excluding hydrogens is 427 g/mol. The maximum absolute atomic E-state index is 13.1. The van der Waals surface area contributed by atoms with Crippen molar-refractivity contribution in [2.24, 2.45) is 0 Å². The first-order valence-electron chi connectivity index (χ1n) is 11.3. The summed E-state index contributed by atoms with van der Waals surface area (Å²) >= 11 is 0. The van der Waals surface area contributed by atoms with Gasteiger partial charge in [-0.25, -0.2) is 4.52 Å². The lowest BCUT2D eigenvalue weighted by molar-refractivity contribution is -0.131. The maximum Gasteiger partial charge on any atom is 0.253 e. The zero-order chi connectivity index (χ0) is 24.3. The summed E-state index contributed by atoms with van der Waals surface area (Å²) in [6.45, 7) is 1.54. The summed E-state index contributed by atoms with van der Waals surface area (Å²) in [4.78, 5) is 29.2. The lowest BCUT2D eigenvalue weighted by atomic mass is 9.44. The van der Waals surface area contributed by atoms with Crippen LogP contribution in [0.15, 0.2) is 36.7 Å². The Morgan fingerprint density at radius 1 is 1.15 bits per heavy atom. The van der Waals surface area contributed by atoms with Gasteiger partial charge in [0.1, 0.15) is 29.6 Å². The zero-order valence-electron chi connectivity index (χ0n) is 19.7. The Balaban J connectivity index is 1.49. The van der Waals surface area contributed by atoms with Gasteiger partial charge in [-0.05, 0) is 48.8 Å². The van der Waals surface area contributed by atoms with Crippen LogP contribution in [-0.4, -0.2) is 66.3 Å². The van der Waals surface area contributed by atoms with Crippen molar-refractivity contribution >= 4 is 46.6 Å². The molecule has 3 N–H and O–H groups in total. The molecule has 3 aliphatic carbocycles. The van der Waals surface area contributed by atoms with Crippen molar-refractivity contribution < 1.29 is 9.59 Å². The molecule has 0 aromatic carbocycles. The number of hydrogen-bond acceptors (Lipinski definition) is 6. The summed E-state index contributed by atoms with van der Waals surface area (Å²) < 4.78 is 1.73. The summed E-state index contributed by atoms with van der Waals surface area (Å²) in [5.41, 5.74) is 3.61. The quantitative estimate of drug-likeness (QED) is 0.402. The number of rotatable bonds is 6. The van der Waals surface area contributed by atoms with Gasteiger partial charge >= 0.3 is 0 Å². The first-order chi connectivity index (χ1) is 16.0. The highest BCUT2D eigenvalue weighted by atomic mass is 16.2. The van der Waals surface area contributed by atoms with Crippen LogP contribution < -0.4 is 16.0 Å². The van der Waals surface area contributed by atoms with Crippen molar-refractivity contribution in [1.29, 1.82) is 5.26 Å². The van der Waals surface area contributed by atoms with Gasteiger partial charge in [0.2, 0.25) is 5.91 Å². The molecule has 0 spiro atoms. The molecular formula is C22H24B3N7O2. The minimum atomic E-state index is -0.390. The maximum atomic E-state index is 13.1. The molecule has 3 aromatic rings. The Hall–Kier alpha value is -3.74. The van der Waals surface area contributed by atoms with Crippen LogP contribution in [0.2, 0.25) is 0 Å². The minimum Gasteiger partial charge on any atom is -0.379 e. The molecule has 3 aromatic heterocycles. The molecule has 2 amide bonds. The van der Waals surface area contributed by atoms with Gasteiger partial charge in [0, 0.05) is 24.2 Å². The third kappa shape index (κ3) is 3.81. The van der Waals surface area contributed by atoms with E-state index in [0.717, 1.165) is 30.5 Å². The molecule has 34 heavy (non-hydrogen) atoms. The van der Waals surface area contributed by atoms with Gasteiger partial charge in [-0.3, -0.25) is 14.6 Å². The molecule has 168 valence electrons. The second-order valence-electron chi connectivity index (χ2n) is 10.6. The van der Waals surface area contributed by atoms with Gasteiger partial charge in [-0.1, -0.05) is 0 Å². The second kappa shape index (κ2) is 7.39. The summed E-state index contributed by atoms with van der Waals surface area (Å²) in [5.74, 6) is -0.217. The fraction of sp³-hybridized carbons (Fsp3) is 0.318. The van der Waals surface area contributed by atoms with E-state index in [9.17, 15) is 9.59 Å². The van der Waals surface area contributed by atoms with Crippen molar-refractivity contribution in [3.8, 4) is 17.5 Å². The van der Waals surface area contributed by atoms with Crippen LogP contribution in [0, 0.1) is 11.3 Å². The van der Waals surface area contributed by atoms with Crippen LogP contribution in [0.5, 0.6) is 0 Å². The topological polar surface area (TPSA) is 124 Å². The van der Waals surface area contributed by atoms with Crippen LogP contribution in [0.4, 0.5) is 5.69 Å². The van der Waals surface area contributed by atoms with Gasteiger partial charge in [0.15, 0.2) is 0 Å². The average Bonchev–Trinajstić information content (AvgIpc) is 3.12. The molecule has 0 saturated heterocycles. The molecule has 0 radical (unpaired) electrons. The third-order valence-corrected chi connectivity index (χ3v) is 6.40. The Kier molecular flexibility index (Phi) is 4.80. The SMILES string of the molecule is BC(B)(B)NC(=O)c1cnc(-c2ccc3cc(C#N)cnn23)cc1NC12CC(NC(C)=O)(C1)C2. The molecule has 0 aliphatic heterocycles. The molecule has 3 aliphatic rings. The molecule has 0 atom stereocenters. The summed E-state index contributed by atoms with van der Waals surface area (Å²) in [6, 6.07) is 9.53. The second-order valence-corrected chi connectivity index (χ2v) is 10.6. The predicted molar refractivity (Wildman–Crippen MR) is 136 cm³/mol. The van der Waals surface area contributed by atoms with Gasteiger partial charge in [-0.2, -0.15) is 10.4 Å². The average molecular weight is 451 g/mol. The molecule has 9 nitrogen and oxygen atoms in total. The van der Waals surface area contributed by atoms with E-state index < -0.39 is 0 Å². The predicted octanol–water partition coefficient (Wildman–Crippen LogP) is -1.27. The smallest absolute Gasteiger partial charge is 0.253 e. The summed E-state index contributed by atoms with van der Waals surface area (Å²) in [5, 5.41) is 22.8. The van der Waals surface area contributed by atoms with Crippen LogP contribution in [0.1, 0.15) is 42.1 Å². The lowest BCUT2D eigenvalue weighted by Crippen LogP contribution is -2.81. The molecule has 3 saturated carbocycles. The van der Waals surface area contributed by atoms with Crippen LogP contribution in [0.3, 0.4) is 0 Å². The van der Waals surface area contributed by atoms with Crippen molar-refractivity contribution in [2.45, 2.75) is 42.5 Å². The number of aromatic nitrogens is 3. The van der Waals surface area contributed by atoms with Gasteiger partial charge in [0.05, 0.1) is 39.9 Å². The first-order valence-corrected chi connectivity index (χ1v) is 11.3. The van der Waals surface area contributed by atoms with E-state index in [4.69, 9.17) is 5.26 Å². The fourth-order valence-electron chi connectivity index (χ4n) is 5.25. The number of fused-ring (bicyclic) bond motifs is 1. The Morgan fingerprint density at radius 2 is 1.88 bits per heavy atom. The van der Waals surface area contributed by atoms with Crippen LogP contribution in [-0.2, 0) is 4.79 Å². The highest BCUT2D eigenvalue weighted by molar-refractivity contribution is 6.60. The number of nitriles is 1. The van der Waals surface area contributed by atoms with Crippen molar-refractivity contribution in [1.82, 2.24) is 25.2 Å². The van der Waals surface area contributed by atoms with Gasteiger partial charge in [0.25, 0.3) is 5.91 Å². The van der Waals surface area contributed by atoms with E-state index in [1.165, 1.54) is 6.20 Å². The summed E-state index contributed by atoms with van der Waals surface area (Å²) in [7, 11) is 5.81. The van der Waals surface area contributed by atoms with Gasteiger partial charge < -0.3 is 16.0 Å². The molecule has 12 heteroatoms. The molecule has 0 unspecified atom stereocenters. The zero-order valence-corrected chi connectivity index (χ0v) is 19.7. The standard InChI is InChI=1S/C22H24B3N7O2/c1-12(33)29-20-9-21(10-20,11-20)30-16-5-17(27-8-15(16)19(34)31-22(23,24)25)18-3-2-14-4-13(6-26)7-28-32(14)18/h2-5,7-8H,9-11,23-25H2,1H3,(H,27,30)(H,29,33)(H,31,34). The largest absolute Gasteiger partial charge is 0.379 e. The highest BCUT2D eigenvalue weighted by Crippen LogP contribution is 2.62. The Labute approximate surface area is 199 Å². The third-order valence-electron chi connectivity index (χ3n) is 6.40. The number of amides is 2. The minimum absolute atomic E-state index is 0.0168. The number of hydrogen-bond donors (Lipinski definition) is 3. The Morgan fingerprint density at radius 3 is 2.53 bits per heavy atom. The molecule has 2 bridgehead atoms. The van der Waals surface area contributed by atoms with E-state index in [1.807, 2.05) is 41.7 Å². The van der Waals surface area contributed by atoms with E-state index >= 15 is 0 Å². The first kappa shape index (κ1) is 22.1. The number of anilines is 1. The highest BCUT2D eigenvalue weighted by Gasteiger charge is 2.68.